The quantitative estimate of drug-likeness (QED) is 0.214. The molecule has 4 N–H and O–H groups in total. The summed E-state index contributed by atoms with van der Waals surface area (Å²) in [6.45, 7) is 5.21. The van der Waals surface area contributed by atoms with Gasteiger partial charge in [0.05, 0.1) is 17.3 Å². The molecule has 1 atom stereocenters. The number of carbonyl (C=O) groups excluding carboxylic acids is 1. The highest BCUT2D eigenvalue weighted by Crippen LogP contribution is 2.25. The Bertz CT molecular complexity index is 1200. The average molecular weight is 502 g/mol. The van der Waals surface area contributed by atoms with Crippen molar-refractivity contribution < 1.29 is 19.4 Å². The second-order valence-corrected chi connectivity index (χ2v) is 8.71. The van der Waals surface area contributed by atoms with Gasteiger partial charge in [-0.3, -0.25) is 9.69 Å². The van der Waals surface area contributed by atoms with Gasteiger partial charge in [0, 0.05) is 12.1 Å². The van der Waals surface area contributed by atoms with Crippen molar-refractivity contribution in [3.05, 3.63) is 102 Å². The molecular formula is C30H37N4O3+. The Labute approximate surface area is 219 Å². The number of carboxylic acids is 1. The number of aliphatic carboxylic acids is 1. The predicted molar refractivity (Wildman–Crippen MR) is 148 cm³/mol. The maximum atomic E-state index is 13.4. The first-order valence-corrected chi connectivity index (χ1v) is 12.9. The van der Waals surface area contributed by atoms with E-state index in [-0.39, 0.29) is 18.5 Å². The maximum Gasteiger partial charge on any atom is 0.372 e. The average Bonchev–Trinajstić information content (AvgIpc) is 3.20. The van der Waals surface area contributed by atoms with Crippen LogP contribution in [-0.2, 0) is 16.1 Å². The molecule has 0 bridgehead atoms. The fraction of sp³-hybridized carbons (Fsp3) is 0.300. The van der Waals surface area contributed by atoms with Gasteiger partial charge in [0.2, 0.25) is 11.6 Å². The summed E-state index contributed by atoms with van der Waals surface area (Å²) < 4.78 is 1.22. The van der Waals surface area contributed by atoms with E-state index in [1.807, 2.05) is 86.7 Å². The number of anilines is 1. The van der Waals surface area contributed by atoms with Gasteiger partial charge in [-0.25, -0.2) is 10.6 Å². The third-order valence-electron chi connectivity index (χ3n) is 6.18. The summed E-state index contributed by atoms with van der Waals surface area (Å²) in [5, 5.41) is 12.5. The molecule has 7 nitrogen and oxygen atoms in total. The van der Waals surface area contributed by atoms with E-state index >= 15 is 0 Å². The largest absolute Gasteiger partial charge is 0.476 e. The van der Waals surface area contributed by atoms with E-state index in [0.29, 0.717) is 17.0 Å². The summed E-state index contributed by atoms with van der Waals surface area (Å²) in [4.78, 5) is 27.1. The monoisotopic (exact) mass is 501 g/mol. The van der Waals surface area contributed by atoms with E-state index in [0.717, 1.165) is 37.9 Å². The summed E-state index contributed by atoms with van der Waals surface area (Å²) in [6, 6.07) is 17.3. The van der Waals surface area contributed by atoms with Gasteiger partial charge < -0.3 is 10.4 Å². The highest BCUT2D eigenvalue weighted by molar-refractivity contribution is 6.16. The number of amides is 1. The number of nitrogens with two attached hydrogens (primary N) is 1. The lowest BCUT2D eigenvalue weighted by Crippen LogP contribution is -2.40. The minimum atomic E-state index is -1.04. The molecule has 0 unspecified atom stereocenters. The Kier molecular flexibility index (Phi) is 10.4. The molecule has 0 spiro atoms. The molecule has 37 heavy (non-hydrogen) atoms. The standard InChI is InChI=1S/C28H30N4O3.C2H6/c29-32(20-26(33)34)27(22-13-6-1-2-7-14-22)23-15-8-9-16-24(23)30-28(35)25-17-10-18-31(25)19-21-11-4-3-5-12-21;1-2/h1,3-9,11-16,25H,2,10,17-20,29H2,(H,33,34);1-2H3/p+1/t25-;/m0./s1. The third-order valence-corrected chi connectivity index (χ3v) is 6.18. The van der Waals surface area contributed by atoms with Crippen molar-refractivity contribution >= 4 is 23.3 Å². The minimum Gasteiger partial charge on any atom is -0.476 e. The summed E-state index contributed by atoms with van der Waals surface area (Å²) in [6.07, 6.45) is 12.3. The number of likely N-dealkylation sites (tertiary alicyclic amines) is 1. The molecule has 1 fully saturated rings. The number of benzene rings is 2. The highest BCUT2D eigenvalue weighted by Gasteiger charge is 2.32. The Morgan fingerprint density at radius 1 is 1.08 bits per heavy atom. The fourth-order valence-electron chi connectivity index (χ4n) is 4.58. The van der Waals surface area contributed by atoms with Crippen LogP contribution >= 0.6 is 0 Å². The molecule has 1 amide bonds. The molecule has 0 saturated carbocycles. The molecule has 1 aliphatic heterocycles. The van der Waals surface area contributed by atoms with Crippen molar-refractivity contribution in [3.8, 4) is 0 Å². The molecular weight excluding hydrogens is 464 g/mol. The normalized spacial score (nSPS) is 17.7. The number of hydrazone groups is 1. The smallest absolute Gasteiger partial charge is 0.372 e. The Morgan fingerprint density at radius 2 is 1.81 bits per heavy atom. The zero-order valence-electron chi connectivity index (χ0n) is 21.6. The Balaban J connectivity index is 0.00000186. The number of hydrogen-bond donors (Lipinski definition) is 3. The topological polar surface area (TPSA) is 98.7 Å². The number of hydrazine groups is 1. The van der Waals surface area contributed by atoms with Crippen LogP contribution in [0.25, 0.3) is 0 Å². The van der Waals surface area contributed by atoms with Crippen molar-refractivity contribution in [1.82, 2.24) is 4.90 Å². The molecule has 2 aromatic carbocycles. The first-order valence-electron chi connectivity index (χ1n) is 12.9. The molecule has 2 aromatic rings. The SMILES string of the molecule is CC.N/[N+](CC(=O)O)=C(/C1=CC=CCC=C1)c1ccccc1NC(=O)[C@@H]1CCCN1Cc1ccccc1. The van der Waals surface area contributed by atoms with Crippen LogP contribution in [0.5, 0.6) is 0 Å². The van der Waals surface area contributed by atoms with Crippen molar-refractivity contribution in [1.29, 1.82) is 0 Å². The summed E-state index contributed by atoms with van der Waals surface area (Å²) in [5.74, 6) is 5.15. The van der Waals surface area contributed by atoms with Gasteiger partial charge in [-0.2, -0.15) is 0 Å². The van der Waals surface area contributed by atoms with Crippen LogP contribution < -0.4 is 11.2 Å². The van der Waals surface area contributed by atoms with Crippen molar-refractivity contribution in [2.75, 3.05) is 18.4 Å². The van der Waals surface area contributed by atoms with Gasteiger partial charge in [-0.1, -0.05) is 80.6 Å². The zero-order chi connectivity index (χ0) is 26.6. The number of rotatable bonds is 8. The molecule has 1 aliphatic carbocycles. The lowest BCUT2D eigenvalue weighted by atomic mass is 9.99. The number of para-hydroxylation sites is 1. The van der Waals surface area contributed by atoms with Crippen molar-refractivity contribution in [3.63, 3.8) is 0 Å². The van der Waals surface area contributed by atoms with Crippen LogP contribution in [0.3, 0.4) is 0 Å². The molecule has 7 heteroatoms. The van der Waals surface area contributed by atoms with E-state index in [1.54, 1.807) is 0 Å². The van der Waals surface area contributed by atoms with Crippen LogP contribution in [0, 0.1) is 0 Å². The van der Waals surface area contributed by atoms with Crippen LogP contribution in [0.4, 0.5) is 5.69 Å². The molecule has 0 aromatic heterocycles. The Morgan fingerprint density at radius 3 is 2.57 bits per heavy atom. The van der Waals surface area contributed by atoms with E-state index in [1.165, 1.54) is 10.2 Å². The first-order chi connectivity index (χ1) is 18.0. The second-order valence-electron chi connectivity index (χ2n) is 8.71. The molecule has 2 aliphatic rings. The maximum absolute atomic E-state index is 13.4. The molecule has 1 heterocycles. The van der Waals surface area contributed by atoms with Crippen LogP contribution in [-0.4, -0.2) is 51.4 Å². The van der Waals surface area contributed by atoms with Crippen LogP contribution in [0.2, 0.25) is 0 Å². The number of hydrogen-bond acceptors (Lipinski definition) is 4. The summed E-state index contributed by atoms with van der Waals surface area (Å²) in [5.41, 5.74) is 3.76. The third kappa shape index (κ3) is 7.51. The molecule has 1 saturated heterocycles. The van der Waals surface area contributed by atoms with E-state index in [4.69, 9.17) is 5.84 Å². The van der Waals surface area contributed by atoms with Crippen molar-refractivity contribution in [2.24, 2.45) is 5.84 Å². The Hall–Kier alpha value is -3.97. The van der Waals surface area contributed by atoms with Gasteiger partial charge in [0.15, 0.2) is 0 Å². The lowest BCUT2D eigenvalue weighted by Gasteiger charge is -2.24. The molecule has 4 rings (SSSR count). The predicted octanol–water partition coefficient (Wildman–Crippen LogP) is 4.52. The molecule has 194 valence electrons. The van der Waals surface area contributed by atoms with Crippen molar-refractivity contribution in [2.45, 2.75) is 45.7 Å². The number of nitrogens with one attached hydrogen (secondary N) is 1. The first kappa shape index (κ1) is 27.6. The summed E-state index contributed by atoms with van der Waals surface area (Å²) >= 11 is 0. The van der Waals surface area contributed by atoms with E-state index < -0.39 is 5.97 Å². The van der Waals surface area contributed by atoms with Gasteiger partial charge >= 0.3 is 5.97 Å². The summed E-state index contributed by atoms with van der Waals surface area (Å²) in [7, 11) is 0. The second kappa shape index (κ2) is 13.9. The molecule has 0 radical (unpaired) electrons. The van der Waals surface area contributed by atoms with Gasteiger partial charge in [0.25, 0.3) is 6.54 Å². The number of nitrogens with zero attached hydrogens (tertiary/aromatic N) is 2. The van der Waals surface area contributed by atoms with Crippen LogP contribution in [0.15, 0.2) is 90.6 Å². The van der Waals surface area contributed by atoms with E-state index in [2.05, 4.69) is 22.3 Å². The van der Waals surface area contributed by atoms with Crippen LogP contribution in [0.1, 0.15) is 44.2 Å². The van der Waals surface area contributed by atoms with Gasteiger partial charge in [-0.15, -0.1) is 4.68 Å². The van der Waals surface area contributed by atoms with Gasteiger partial charge in [-0.05, 0) is 49.6 Å². The van der Waals surface area contributed by atoms with Gasteiger partial charge in [0.1, 0.15) is 0 Å². The fourth-order valence-corrected chi connectivity index (χ4v) is 4.58. The number of carbonyl (C=O) groups is 2. The highest BCUT2D eigenvalue weighted by atomic mass is 16.4. The van der Waals surface area contributed by atoms with E-state index in [9.17, 15) is 14.7 Å². The number of carboxylic acid groups (broad SMARTS) is 1. The lowest BCUT2D eigenvalue weighted by molar-refractivity contribution is -0.529. The minimum absolute atomic E-state index is 0.0719. The zero-order valence-corrected chi connectivity index (χ0v) is 21.6. The number of allylic oxidation sites excluding steroid dienone is 6.